The zero-order valence-corrected chi connectivity index (χ0v) is 8.89. The molecule has 0 spiro atoms. The SMILES string of the molecule is NN=C(N)N(N)OC(=O)C(=O)ON(N)C(N)=NN. The second kappa shape index (κ2) is 6.55. The van der Waals surface area contributed by atoms with Crippen molar-refractivity contribution in [3.05, 3.63) is 0 Å². The number of hydrazone groups is 2. The van der Waals surface area contributed by atoms with Gasteiger partial charge in [0.1, 0.15) is 0 Å². The molecule has 102 valence electrons. The number of nitrogens with two attached hydrogens (primary N) is 6. The molecule has 14 nitrogen and oxygen atoms in total. The van der Waals surface area contributed by atoms with Crippen LogP contribution >= 0.6 is 0 Å². The van der Waals surface area contributed by atoms with E-state index < -0.39 is 23.9 Å². The van der Waals surface area contributed by atoms with Crippen LogP contribution in [0, 0.1) is 0 Å². The first-order valence-electron chi connectivity index (χ1n) is 3.94. The third-order valence-corrected chi connectivity index (χ3v) is 1.25. The van der Waals surface area contributed by atoms with Gasteiger partial charge in [-0.15, -0.1) is 10.2 Å². The molecule has 0 rings (SSSR count). The lowest BCUT2D eigenvalue weighted by molar-refractivity contribution is -0.201. The van der Waals surface area contributed by atoms with Crippen LogP contribution in [-0.2, 0) is 19.3 Å². The Hall–Kier alpha value is -3.00. The summed E-state index contributed by atoms with van der Waals surface area (Å²) in [7, 11) is 0. The van der Waals surface area contributed by atoms with Gasteiger partial charge in [0, 0.05) is 0 Å². The summed E-state index contributed by atoms with van der Waals surface area (Å²) in [6.07, 6.45) is 0. The number of hydrazine groups is 2. The molecule has 0 aromatic carbocycles. The average Bonchev–Trinajstić information content (AvgIpc) is 2.35. The smallest absolute Gasteiger partial charge is 0.365 e. The highest BCUT2D eigenvalue weighted by molar-refractivity contribution is 6.29. The molecule has 0 fully saturated rings. The Morgan fingerprint density at radius 1 is 0.833 bits per heavy atom. The maximum absolute atomic E-state index is 11.1. The minimum atomic E-state index is -1.58. The number of hydrogen-bond acceptors (Lipinski definition) is 10. The Morgan fingerprint density at radius 3 is 1.33 bits per heavy atom. The van der Waals surface area contributed by atoms with Crippen LogP contribution in [0.1, 0.15) is 0 Å². The van der Waals surface area contributed by atoms with Crippen LogP contribution in [0.3, 0.4) is 0 Å². The van der Waals surface area contributed by atoms with Gasteiger partial charge in [-0.2, -0.15) is 0 Å². The molecule has 0 heterocycles. The molecule has 0 bridgehead atoms. The van der Waals surface area contributed by atoms with Gasteiger partial charge in [0.25, 0.3) is 11.9 Å². The molecule has 0 aliphatic heterocycles. The second-order valence-electron chi connectivity index (χ2n) is 2.38. The van der Waals surface area contributed by atoms with E-state index in [0.717, 1.165) is 0 Å². The lowest BCUT2D eigenvalue weighted by Crippen LogP contribution is -2.49. The molecule has 14 heteroatoms. The molecule has 12 N–H and O–H groups in total. The number of hydroxylamine groups is 2. The molecule has 0 atom stereocenters. The van der Waals surface area contributed by atoms with Crippen LogP contribution in [0.5, 0.6) is 0 Å². The van der Waals surface area contributed by atoms with E-state index in [1.54, 1.807) is 0 Å². The molecule has 0 saturated carbocycles. The fraction of sp³-hybridized carbons (Fsp3) is 0. The van der Waals surface area contributed by atoms with Gasteiger partial charge in [-0.3, -0.25) is 0 Å². The number of nitrogens with zero attached hydrogens (tertiary/aromatic N) is 4. The molecule has 0 aliphatic rings. The molecular weight excluding hydrogens is 252 g/mol. The Kier molecular flexibility index (Phi) is 5.46. The monoisotopic (exact) mass is 264 g/mol. The van der Waals surface area contributed by atoms with E-state index in [9.17, 15) is 9.59 Å². The van der Waals surface area contributed by atoms with E-state index in [-0.39, 0.29) is 10.3 Å². The summed E-state index contributed by atoms with van der Waals surface area (Å²) in [5.41, 5.74) is 10.1. The fourth-order valence-corrected chi connectivity index (χ4v) is 0.461. The van der Waals surface area contributed by atoms with Crippen molar-refractivity contribution in [3.8, 4) is 0 Å². The normalized spacial score (nSPS) is 11.7. The van der Waals surface area contributed by atoms with Crippen LogP contribution in [0.2, 0.25) is 0 Å². The Bertz CT molecular complexity index is 342. The Balaban J connectivity index is 4.41. The van der Waals surface area contributed by atoms with E-state index in [4.69, 9.17) is 34.8 Å². The van der Waals surface area contributed by atoms with Crippen LogP contribution < -0.4 is 34.8 Å². The van der Waals surface area contributed by atoms with Gasteiger partial charge in [-0.05, 0) is 0 Å². The molecular formula is C4H12N10O4. The topological polar surface area (TPSA) is 240 Å². The summed E-state index contributed by atoms with van der Waals surface area (Å²) in [6.45, 7) is 0. The lowest BCUT2D eigenvalue weighted by atomic mass is 10.7. The first-order chi connectivity index (χ1) is 8.33. The lowest BCUT2D eigenvalue weighted by Gasteiger charge is -2.16. The molecule has 0 radical (unpaired) electrons. The van der Waals surface area contributed by atoms with Crippen molar-refractivity contribution in [3.63, 3.8) is 0 Å². The van der Waals surface area contributed by atoms with E-state index in [2.05, 4.69) is 19.9 Å². The number of hydrogen-bond donors (Lipinski definition) is 6. The standard InChI is InChI=1S/C4H12N10O4/c5-3(11-7)13(9)17-1(15)2(16)18-14(10)4(6)12-8/h7-10H2,(H2,5,11)(H2,6,12). The first kappa shape index (κ1) is 15.0. The zero-order valence-electron chi connectivity index (χ0n) is 8.89. The van der Waals surface area contributed by atoms with Crippen molar-refractivity contribution in [1.82, 2.24) is 10.3 Å². The van der Waals surface area contributed by atoms with Crippen molar-refractivity contribution in [1.29, 1.82) is 0 Å². The highest BCUT2D eigenvalue weighted by Crippen LogP contribution is 1.89. The fourth-order valence-electron chi connectivity index (χ4n) is 0.461. The maximum Gasteiger partial charge on any atom is 0.445 e. The molecule has 0 unspecified atom stereocenters. The summed E-state index contributed by atoms with van der Waals surface area (Å²) in [4.78, 5) is 30.4. The minimum Gasteiger partial charge on any atom is -0.365 e. The van der Waals surface area contributed by atoms with Crippen LogP contribution in [0.25, 0.3) is 0 Å². The predicted molar refractivity (Wildman–Crippen MR) is 55.9 cm³/mol. The number of rotatable bonds is 0. The van der Waals surface area contributed by atoms with Crippen molar-refractivity contribution < 1.29 is 19.3 Å². The molecule has 0 aliphatic carbocycles. The largest absolute Gasteiger partial charge is 0.445 e. The maximum atomic E-state index is 11.1. The summed E-state index contributed by atoms with van der Waals surface area (Å²) in [5, 5.41) is 6.02. The Morgan fingerprint density at radius 2 is 1.11 bits per heavy atom. The van der Waals surface area contributed by atoms with E-state index in [1.165, 1.54) is 0 Å². The third kappa shape index (κ3) is 4.24. The minimum absolute atomic E-state index is 0.130. The van der Waals surface area contributed by atoms with Gasteiger partial charge in [0.2, 0.25) is 0 Å². The van der Waals surface area contributed by atoms with Gasteiger partial charge in [0.15, 0.2) is 0 Å². The summed E-state index contributed by atoms with van der Waals surface area (Å²) in [5.74, 6) is 15.2. The van der Waals surface area contributed by atoms with Gasteiger partial charge in [-0.1, -0.05) is 10.3 Å². The average molecular weight is 264 g/mol. The molecule has 0 aromatic rings. The van der Waals surface area contributed by atoms with Gasteiger partial charge >= 0.3 is 11.9 Å². The van der Waals surface area contributed by atoms with Crippen LogP contribution in [0.4, 0.5) is 0 Å². The first-order valence-corrected chi connectivity index (χ1v) is 3.94. The zero-order chi connectivity index (χ0) is 14.3. The summed E-state index contributed by atoms with van der Waals surface area (Å²) >= 11 is 0. The van der Waals surface area contributed by atoms with Crippen molar-refractivity contribution >= 4 is 23.9 Å². The number of guanidine groups is 2. The third-order valence-electron chi connectivity index (χ3n) is 1.25. The quantitative estimate of drug-likeness (QED) is 0.0789. The molecule has 0 saturated heterocycles. The molecule has 0 amide bonds. The van der Waals surface area contributed by atoms with Crippen molar-refractivity contribution in [2.75, 3.05) is 0 Å². The Labute approximate surface area is 99.5 Å². The van der Waals surface area contributed by atoms with E-state index >= 15 is 0 Å². The van der Waals surface area contributed by atoms with Crippen LogP contribution in [0.15, 0.2) is 10.2 Å². The summed E-state index contributed by atoms with van der Waals surface area (Å²) in [6, 6.07) is 0. The molecule has 0 aromatic heterocycles. The molecule has 18 heavy (non-hydrogen) atoms. The predicted octanol–water partition coefficient (Wildman–Crippen LogP) is -5.37. The van der Waals surface area contributed by atoms with Crippen LogP contribution in [-0.4, -0.2) is 34.2 Å². The highest BCUT2D eigenvalue weighted by atomic mass is 16.8. The van der Waals surface area contributed by atoms with E-state index in [0.29, 0.717) is 0 Å². The van der Waals surface area contributed by atoms with Crippen molar-refractivity contribution in [2.45, 2.75) is 0 Å². The van der Waals surface area contributed by atoms with Gasteiger partial charge in [0.05, 0.1) is 0 Å². The highest BCUT2D eigenvalue weighted by Gasteiger charge is 2.24. The van der Waals surface area contributed by atoms with Gasteiger partial charge < -0.3 is 32.8 Å². The summed E-state index contributed by atoms with van der Waals surface area (Å²) < 4.78 is 0. The second-order valence-corrected chi connectivity index (χ2v) is 2.38. The number of carbonyl (C=O) groups excluding carboxylic acids is 2. The number of carbonyl (C=O) groups is 2. The van der Waals surface area contributed by atoms with Crippen molar-refractivity contribution in [2.24, 2.45) is 45.0 Å². The van der Waals surface area contributed by atoms with Gasteiger partial charge in [-0.25, -0.2) is 21.3 Å². The van der Waals surface area contributed by atoms with E-state index in [1.807, 2.05) is 0 Å².